The molecule has 1 aliphatic heterocycles. The Labute approximate surface area is 156 Å². The highest BCUT2D eigenvalue weighted by atomic mass is 16.2. The lowest BCUT2D eigenvalue weighted by Crippen LogP contribution is -2.50. The molecule has 7 heteroatoms. The molecule has 0 spiro atoms. The molecule has 0 unspecified atom stereocenters. The van der Waals surface area contributed by atoms with Crippen LogP contribution >= 0.6 is 0 Å². The van der Waals surface area contributed by atoms with Crippen molar-refractivity contribution in [3.8, 4) is 0 Å². The fourth-order valence-corrected chi connectivity index (χ4v) is 3.68. The SMILES string of the molecule is Cc1ccc2nc(CN3CCN(c4ccc5cn[nH]c5c4)C(=O)C3)cn2c1. The first-order valence-corrected chi connectivity index (χ1v) is 9.06. The van der Waals surface area contributed by atoms with Gasteiger partial charge in [0, 0.05) is 43.1 Å². The number of fused-ring (bicyclic) bond motifs is 2. The summed E-state index contributed by atoms with van der Waals surface area (Å²) in [4.78, 5) is 21.4. The molecule has 1 aromatic carbocycles. The molecule has 1 aliphatic rings. The summed E-state index contributed by atoms with van der Waals surface area (Å²) in [5.41, 5.74) is 4.99. The monoisotopic (exact) mass is 360 g/mol. The van der Waals surface area contributed by atoms with E-state index in [0.717, 1.165) is 34.5 Å². The molecule has 136 valence electrons. The van der Waals surface area contributed by atoms with Crippen LogP contribution in [-0.4, -0.2) is 50.0 Å². The van der Waals surface area contributed by atoms with Gasteiger partial charge < -0.3 is 9.30 Å². The average Bonchev–Trinajstić information content (AvgIpc) is 3.27. The lowest BCUT2D eigenvalue weighted by Gasteiger charge is -2.34. The van der Waals surface area contributed by atoms with Gasteiger partial charge in [0.1, 0.15) is 5.65 Å². The second-order valence-electron chi connectivity index (χ2n) is 7.10. The molecule has 0 saturated carbocycles. The number of piperazine rings is 1. The molecule has 1 N–H and O–H groups in total. The number of carbonyl (C=O) groups excluding carboxylic acids is 1. The van der Waals surface area contributed by atoms with Gasteiger partial charge in [0.2, 0.25) is 5.91 Å². The molecule has 0 aliphatic carbocycles. The van der Waals surface area contributed by atoms with Crippen LogP contribution in [0.2, 0.25) is 0 Å². The number of hydrogen-bond acceptors (Lipinski definition) is 4. The number of rotatable bonds is 3. The van der Waals surface area contributed by atoms with E-state index in [0.29, 0.717) is 19.6 Å². The number of aryl methyl sites for hydroxylation is 1. The van der Waals surface area contributed by atoms with Gasteiger partial charge in [0.25, 0.3) is 0 Å². The summed E-state index contributed by atoms with van der Waals surface area (Å²) in [6.07, 6.45) is 5.90. The number of anilines is 1. The molecule has 0 radical (unpaired) electrons. The molecule has 4 aromatic rings. The zero-order valence-corrected chi connectivity index (χ0v) is 15.1. The Kier molecular flexibility index (Phi) is 3.68. The molecule has 1 fully saturated rings. The van der Waals surface area contributed by atoms with E-state index in [1.54, 1.807) is 6.20 Å². The maximum absolute atomic E-state index is 12.7. The summed E-state index contributed by atoms with van der Waals surface area (Å²) >= 11 is 0. The second-order valence-corrected chi connectivity index (χ2v) is 7.10. The van der Waals surface area contributed by atoms with Gasteiger partial charge in [-0.25, -0.2) is 4.98 Å². The van der Waals surface area contributed by atoms with Crippen LogP contribution in [-0.2, 0) is 11.3 Å². The van der Waals surface area contributed by atoms with Gasteiger partial charge in [0.15, 0.2) is 0 Å². The number of aromatic nitrogens is 4. The predicted octanol–water partition coefficient (Wildman–Crippen LogP) is 2.37. The van der Waals surface area contributed by atoms with Crippen molar-refractivity contribution < 1.29 is 4.79 Å². The molecule has 1 saturated heterocycles. The number of H-pyrrole nitrogens is 1. The van der Waals surface area contributed by atoms with Crippen LogP contribution in [0, 0.1) is 6.92 Å². The molecule has 5 rings (SSSR count). The lowest BCUT2D eigenvalue weighted by atomic mass is 10.2. The number of pyridine rings is 1. The maximum atomic E-state index is 12.7. The van der Waals surface area contributed by atoms with Gasteiger partial charge in [-0.3, -0.25) is 14.8 Å². The molecule has 27 heavy (non-hydrogen) atoms. The Hall–Kier alpha value is -3.19. The van der Waals surface area contributed by atoms with Crippen molar-refractivity contribution >= 4 is 28.1 Å². The number of nitrogens with one attached hydrogen (secondary N) is 1. The third kappa shape index (κ3) is 2.96. The molecular formula is C20H20N6O. The number of hydrogen-bond donors (Lipinski definition) is 1. The Morgan fingerprint density at radius 3 is 2.96 bits per heavy atom. The topological polar surface area (TPSA) is 69.5 Å². The first kappa shape index (κ1) is 16.0. The van der Waals surface area contributed by atoms with E-state index < -0.39 is 0 Å². The Morgan fingerprint density at radius 2 is 2.07 bits per heavy atom. The van der Waals surface area contributed by atoms with E-state index in [2.05, 4.69) is 39.3 Å². The highest BCUT2D eigenvalue weighted by Crippen LogP contribution is 2.22. The predicted molar refractivity (Wildman–Crippen MR) is 104 cm³/mol. The van der Waals surface area contributed by atoms with Crippen LogP contribution < -0.4 is 4.90 Å². The second kappa shape index (κ2) is 6.21. The van der Waals surface area contributed by atoms with E-state index in [-0.39, 0.29) is 5.91 Å². The van der Waals surface area contributed by atoms with Crippen molar-refractivity contribution in [1.29, 1.82) is 0 Å². The van der Waals surface area contributed by atoms with Crippen molar-refractivity contribution in [2.75, 3.05) is 24.5 Å². The average molecular weight is 360 g/mol. The molecule has 3 aromatic heterocycles. The first-order valence-electron chi connectivity index (χ1n) is 9.06. The van der Waals surface area contributed by atoms with Crippen LogP contribution in [0.3, 0.4) is 0 Å². The standard InChI is InChI=1S/C20H20N6O/c1-14-2-5-19-22-16(12-25(19)10-14)11-24-6-7-26(20(27)13-24)17-4-3-15-9-21-23-18(15)8-17/h2-5,8-10,12H,6-7,11,13H2,1H3,(H,21,23). The Balaban J connectivity index is 1.30. The van der Waals surface area contributed by atoms with Gasteiger partial charge in [-0.1, -0.05) is 6.07 Å². The number of amides is 1. The third-order valence-corrected chi connectivity index (χ3v) is 5.07. The van der Waals surface area contributed by atoms with Crippen LogP contribution in [0.4, 0.5) is 5.69 Å². The van der Waals surface area contributed by atoms with E-state index in [9.17, 15) is 4.79 Å². The number of benzene rings is 1. The molecule has 4 heterocycles. The van der Waals surface area contributed by atoms with Crippen molar-refractivity contribution in [2.45, 2.75) is 13.5 Å². The maximum Gasteiger partial charge on any atom is 0.241 e. The van der Waals surface area contributed by atoms with Crippen molar-refractivity contribution in [3.63, 3.8) is 0 Å². The number of imidazole rings is 1. The summed E-state index contributed by atoms with van der Waals surface area (Å²) in [6.45, 7) is 4.63. The molecule has 0 atom stereocenters. The van der Waals surface area contributed by atoms with E-state index >= 15 is 0 Å². The zero-order valence-electron chi connectivity index (χ0n) is 15.1. The molecule has 7 nitrogen and oxygen atoms in total. The van der Waals surface area contributed by atoms with Gasteiger partial charge in [0.05, 0.1) is 24.0 Å². The Morgan fingerprint density at radius 1 is 1.15 bits per heavy atom. The third-order valence-electron chi connectivity index (χ3n) is 5.07. The summed E-state index contributed by atoms with van der Waals surface area (Å²) in [5, 5.41) is 8.05. The van der Waals surface area contributed by atoms with Crippen molar-refractivity contribution in [1.82, 2.24) is 24.5 Å². The van der Waals surface area contributed by atoms with Gasteiger partial charge >= 0.3 is 0 Å². The minimum atomic E-state index is 0.111. The molecule has 1 amide bonds. The normalized spacial score (nSPS) is 15.9. The first-order chi connectivity index (χ1) is 13.2. The van der Waals surface area contributed by atoms with E-state index in [1.807, 2.05) is 39.8 Å². The minimum absolute atomic E-state index is 0.111. The van der Waals surface area contributed by atoms with Crippen LogP contribution in [0.5, 0.6) is 0 Å². The van der Waals surface area contributed by atoms with Gasteiger partial charge in [-0.2, -0.15) is 5.10 Å². The smallest absolute Gasteiger partial charge is 0.241 e. The molecule has 0 bridgehead atoms. The van der Waals surface area contributed by atoms with Crippen LogP contribution in [0.15, 0.2) is 48.9 Å². The fourth-order valence-electron chi connectivity index (χ4n) is 3.68. The van der Waals surface area contributed by atoms with Gasteiger partial charge in [-0.15, -0.1) is 0 Å². The zero-order chi connectivity index (χ0) is 18.4. The number of nitrogens with zero attached hydrogens (tertiary/aromatic N) is 5. The van der Waals surface area contributed by atoms with Gasteiger partial charge in [-0.05, 0) is 36.8 Å². The van der Waals surface area contributed by atoms with Crippen LogP contribution in [0.1, 0.15) is 11.3 Å². The lowest BCUT2D eigenvalue weighted by molar-refractivity contribution is -0.121. The van der Waals surface area contributed by atoms with E-state index in [4.69, 9.17) is 0 Å². The number of carbonyl (C=O) groups is 1. The minimum Gasteiger partial charge on any atom is -0.310 e. The summed E-state index contributed by atoms with van der Waals surface area (Å²) < 4.78 is 2.04. The highest BCUT2D eigenvalue weighted by Gasteiger charge is 2.25. The summed E-state index contributed by atoms with van der Waals surface area (Å²) in [6, 6.07) is 10.0. The van der Waals surface area contributed by atoms with Crippen molar-refractivity contribution in [3.05, 3.63) is 60.2 Å². The largest absolute Gasteiger partial charge is 0.310 e. The molecular weight excluding hydrogens is 340 g/mol. The highest BCUT2D eigenvalue weighted by molar-refractivity contribution is 5.97. The van der Waals surface area contributed by atoms with E-state index in [1.165, 1.54) is 5.56 Å². The van der Waals surface area contributed by atoms with Crippen molar-refractivity contribution in [2.24, 2.45) is 0 Å². The quantitative estimate of drug-likeness (QED) is 0.609. The Bertz CT molecular complexity index is 1140. The fraction of sp³-hybridized carbons (Fsp3) is 0.250. The summed E-state index contributed by atoms with van der Waals surface area (Å²) in [7, 11) is 0. The van der Waals surface area contributed by atoms with Crippen LogP contribution in [0.25, 0.3) is 16.6 Å². The summed E-state index contributed by atoms with van der Waals surface area (Å²) in [5.74, 6) is 0.111. The number of aromatic amines is 1.